The fourth-order valence-electron chi connectivity index (χ4n) is 4.58. The largest absolute Gasteiger partial charge is 0.495 e. The molecule has 0 radical (unpaired) electrons. The van der Waals surface area contributed by atoms with E-state index in [1.165, 1.54) is 9.71 Å². The Morgan fingerprint density at radius 3 is 2.83 bits per heavy atom. The van der Waals surface area contributed by atoms with E-state index in [4.69, 9.17) is 21.3 Å². The number of likely N-dealkylation sites (tertiary alicyclic amines) is 1. The van der Waals surface area contributed by atoms with Crippen LogP contribution in [0.2, 0.25) is 5.02 Å². The predicted molar refractivity (Wildman–Crippen MR) is 121 cm³/mol. The molecule has 156 valence electrons. The molecule has 0 unspecified atom stereocenters. The molecule has 1 N–H and O–H groups in total. The van der Waals surface area contributed by atoms with Crippen LogP contribution in [-0.4, -0.2) is 36.0 Å². The molecule has 1 aliphatic heterocycles. The number of nitrogens with zero attached hydrogens (tertiary/aromatic N) is 2. The van der Waals surface area contributed by atoms with E-state index in [2.05, 4.69) is 28.4 Å². The summed E-state index contributed by atoms with van der Waals surface area (Å²) in [7, 11) is 1.58. The van der Waals surface area contributed by atoms with Crippen LogP contribution < -0.4 is 10.1 Å². The van der Waals surface area contributed by atoms with Crippen LogP contribution in [0.15, 0.2) is 42.5 Å². The topological polar surface area (TPSA) is 54.5 Å². The third kappa shape index (κ3) is 3.80. The van der Waals surface area contributed by atoms with Crippen molar-refractivity contribution >= 4 is 44.7 Å². The number of nitrogens with one attached hydrogen (secondary N) is 1. The Morgan fingerprint density at radius 2 is 2.10 bits per heavy atom. The van der Waals surface area contributed by atoms with Gasteiger partial charge in [-0.1, -0.05) is 23.7 Å². The van der Waals surface area contributed by atoms with E-state index in [0.29, 0.717) is 10.8 Å². The zero-order valence-corrected chi connectivity index (χ0v) is 18.4. The van der Waals surface area contributed by atoms with Gasteiger partial charge in [-0.2, -0.15) is 0 Å². The molecule has 30 heavy (non-hydrogen) atoms. The second kappa shape index (κ2) is 7.84. The standard InChI is InChI=1S/C23H24ClN3O2S/c1-29-19-7-6-15(12-17(19)24)25-22(28)16-13-23(16)8-10-27(11-9-23)14-21-26-18-4-2-3-5-20(18)30-21/h2-7,12,16H,8-11,13-14H2,1H3,(H,25,28)/t16-/m0/s1. The molecular weight excluding hydrogens is 418 g/mol. The number of hydrogen-bond acceptors (Lipinski definition) is 5. The Balaban J connectivity index is 1.16. The molecule has 1 atom stereocenters. The third-order valence-corrected chi connectivity index (χ3v) is 7.79. The summed E-state index contributed by atoms with van der Waals surface area (Å²) in [6.45, 7) is 2.94. The predicted octanol–water partition coefficient (Wildman–Crippen LogP) is 5.20. The number of amides is 1. The number of fused-ring (bicyclic) bond motifs is 1. The van der Waals surface area contributed by atoms with Crippen LogP contribution in [0.25, 0.3) is 10.2 Å². The van der Waals surface area contributed by atoms with Crippen LogP contribution in [0.5, 0.6) is 5.75 Å². The van der Waals surface area contributed by atoms with E-state index in [9.17, 15) is 4.79 Å². The van der Waals surface area contributed by atoms with Crippen molar-refractivity contribution in [1.82, 2.24) is 9.88 Å². The number of carbonyl (C=O) groups is 1. The summed E-state index contributed by atoms with van der Waals surface area (Å²) in [6.07, 6.45) is 3.12. The maximum atomic E-state index is 12.8. The summed E-state index contributed by atoms with van der Waals surface area (Å²) in [5.74, 6) is 0.817. The van der Waals surface area contributed by atoms with Crippen LogP contribution in [0.3, 0.4) is 0 Å². The van der Waals surface area contributed by atoms with Gasteiger partial charge in [0.2, 0.25) is 5.91 Å². The number of para-hydroxylation sites is 1. The van der Waals surface area contributed by atoms with Gasteiger partial charge in [-0.05, 0) is 68.1 Å². The van der Waals surface area contributed by atoms with Crippen LogP contribution in [0.1, 0.15) is 24.3 Å². The van der Waals surface area contributed by atoms with Gasteiger partial charge in [-0.15, -0.1) is 11.3 Å². The van der Waals surface area contributed by atoms with Crippen molar-refractivity contribution in [2.24, 2.45) is 11.3 Å². The number of carbonyl (C=O) groups excluding carboxylic acids is 1. The molecule has 1 saturated carbocycles. The van der Waals surface area contributed by atoms with Crippen molar-refractivity contribution in [3.05, 3.63) is 52.5 Å². The van der Waals surface area contributed by atoms with E-state index in [-0.39, 0.29) is 17.2 Å². The zero-order valence-electron chi connectivity index (χ0n) is 16.9. The Bertz CT molecular complexity index is 1060. The molecule has 7 heteroatoms. The molecule has 5 rings (SSSR count). The smallest absolute Gasteiger partial charge is 0.228 e. The molecule has 1 aromatic heterocycles. The van der Waals surface area contributed by atoms with Crippen LogP contribution in [0, 0.1) is 11.3 Å². The summed E-state index contributed by atoms with van der Waals surface area (Å²) in [5.41, 5.74) is 1.98. The molecule has 0 bridgehead atoms. The number of benzene rings is 2. The maximum absolute atomic E-state index is 12.8. The summed E-state index contributed by atoms with van der Waals surface area (Å²) >= 11 is 7.95. The van der Waals surface area contributed by atoms with E-state index >= 15 is 0 Å². The lowest BCUT2D eigenvalue weighted by molar-refractivity contribution is -0.118. The summed E-state index contributed by atoms with van der Waals surface area (Å²) in [4.78, 5) is 20.0. The first-order chi connectivity index (χ1) is 14.6. The highest BCUT2D eigenvalue weighted by atomic mass is 35.5. The molecule has 3 aromatic rings. The Kier molecular flexibility index (Phi) is 5.17. The van der Waals surface area contributed by atoms with Gasteiger partial charge in [0.15, 0.2) is 0 Å². The van der Waals surface area contributed by atoms with Crippen molar-refractivity contribution in [2.45, 2.75) is 25.8 Å². The summed E-state index contributed by atoms with van der Waals surface area (Å²) in [5, 5.41) is 4.71. The molecule has 1 spiro atoms. The fourth-order valence-corrected chi connectivity index (χ4v) is 5.85. The average Bonchev–Trinajstić information content (AvgIpc) is 3.29. The highest BCUT2D eigenvalue weighted by Gasteiger charge is 2.58. The average molecular weight is 442 g/mol. The van der Waals surface area contributed by atoms with E-state index in [0.717, 1.165) is 50.1 Å². The molecule has 2 fully saturated rings. The van der Waals surface area contributed by atoms with Gasteiger partial charge in [-0.3, -0.25) is 9.69 Å². The maximum Gasteiger partial charge on any atom is 0.228 e. The van der Waals surface area contributed by atoms with Gasteiger partial charge >= 0.3 is 0 Å². The molecule has 2 aliphatic rings. The van der Waals surface area contributed by atoms with E-state index in [1.807, 2.05) is 12.1 Å². The molecular formula is C23H24ClN3O2S. The highest BCUT2D eigenvalue weighted by Crippen LogP contribution is 2.59. The molecule has 2 heterocycles. The van der Waals surface area contributed by atoms with E-state index < -0.39 is 0 Å². The Morgan fingerprint density at radius 1 is 1.30 bits per heavy atom. The monoisotopic (exact) mass is 441 g/mol. The number of piperidine rings is 1. The van der Waals surface area contributed by atoms with Crippen molar-refractivity contribution in [3.63, 3.8) is 0 Å². The van der Waals surface area contributed by atoms with Crippen molar-refractivity contribution in [2.75, 3.05) is 25.5 Å². The van der Waals surface area contributed by atoms with Gasteiger partial charge in [0, 0.05) is 11.6 Å². The lowest BCUT2D eigenvalue weighted by Crippen LogP contribution is -2.35. The second-order valence-electron chi connectivity index (χ2n) is 8.31. The van der Waals surface area contributed by atoms with Gasteiger partial charge in [0.25, 0.3) is 0 Å². The lowest BCUT2D eigenvalue weighted by atomic mass is 9.90. The molecule has 5 nitrogen and oxygen atoms in total. The van der Waals surface area contributed by atoms with Gasteiger partial charge in [0.05, 0.1) is 28.9 Å². The minimum atomic E-state index is 0.1000. The molecule has 1 saturated heterocycles. The van der Waals surface area contributed by atoms with Crippen molar-refractivity contribution in [1.29, 1.82) is 0 Å². The first-order valence-electron chi connectivity index (χ1n) is 10.3. The quantitative estimate of drug-likeness (QED) is 0.591. The summed E-state index contributed by atoms with van der Waals surface area (Å²) in [6, 6.07) is 13.7. The number of ether oxygens (including phenoxy) is 1. The number of thiazole rings is 1. The number of anilines is 1. The van der Waals surface area contributed by atoms with Gasteiger partial charge < -0.3 is 10.1 Å². The minimum Gasteiger partial charge on any atom is -0.495 e. The number of hydrogen-bond donors (Lipinski definition) is 1. The van der Waals surface area contributed by atoms with Crippen LogP contribution >= 0.6 is 22.9 Å². The fraction of sp³-hybridized carbons (Fsp3) is 0.391. The van der Waals surface area contributed by atoms with Crippen molar-refractivity contribution in [3.8, 4) is 5.75 Å². The molecule has 2 aromatic carbocycles. The van der Waals surface area contributed by atoms with Crippen LogP contribution in [-0.2, 0) is 11.3 Å². The van der Waals surface area contributed by atoms with Gasteiger partial charge in [0.1, 0.15) is 10.8 Å². The minimum absolute atomic E-state index is 0.1000. The molecule has 1 aliphatic carbocycles. The summed E-state index contributed by atoms with van der Waals surface area (Å²) < 4.78 is 6.42. The van der Waals surface area contributed by atoms with E-state index in [1.54, 1.807) is 30.6 Å². The Labute approximate surface area is 185 Å². The Hall–Kier alpha value is -2.15. The van der Waals surface area contributed by atoms with Gasteiger partial charge in [-0.25, -0.2) is 4.98 Å². The molecule has 1 amide bonds. The SMILES string of the molecule is COc1ccc(NC(=O)[C@@H]2CC23CCN(Cc2nc4ccccc4s2)CC3)cc1Cl. The first kappa shape index (κ1) is 19.8. The zero-order chi connectivity index (χ0) is 20.7. The number of methoxy groups -OCH3 is 1. The number of rotatable bonds is 5. The van der Waals surface area contributed by atoms with Crippen LogP contribution in [0.4, 0.5) is 5.69 Å². The first-order valence-corrected chi connectivity index (χ1v) is 11.5. The highest BCUT2D eigenvalue weighted by molar-refractivity contribution is 7.18. The van der Waals surface area contributed by atoms with Crippen molar-refractivity contribution < 1.29 is 9.53 Å². The number of halogens is 1. The normalized spacial score (nSPS) is 20.4. The second-order valence-corrected chi connectivity index (χ2v) is 9.83. The third-order valence-electron chi connectivity index (χ3n) is 6.47. The number of aromatic nitrogens is 1. The lowest BCUT2D eigenvalue weighted by Gasteiger charge is -2.32.